The Labute approximate surface area is 165 Å². The Hall–Kier alpha value is -2.81. The second kappa shape index (κ2) is 7.67. The summed E-state index contributed by atoms with van der Waals surface area (Å²) in [5.41, 5.74) is 1.05. The van der Waals surface area contributed by atoms with E-state index < -0.39 is 11.8 Å². The maximum atomic E-state index is 13.0. The Morgan fingerprint density at radius 3 is 2.54 bits per heavy atom. The molecule has 0 bridgehead atoms. The van der Waals surface area contributed by atoms with Crippen LogP contribution in [0.5, 0.6) is 11.5 Å². The lowest BCUT2D eigenvalue weighted by Crippen LogP contribution is -2.38. The maximum Gasteiger partial charge on any atom is 0.205 e. The number of allylic oxidation sites excluding steroid dienone is 2. The van der Waals surface area contributed by atoms with E-state index in [-0.39, 0.29) is 17.1 Å². The van der Waals surface area contributed by atoms with Gasteiger partial charge in [0.1, 0.15) is 11.7 Å². The predicted molar refractivity (Wildman–Crippen MR) is 104 cm³/mol. The molecule has 28 heavy (non-hydrogen) atoms. The quantitative estimate of drug-likeness (QED) is 0.817. The van der Waals surface area contributed by atoms with Crippen molar-refractivity contribution in [1.82, 2.24) is 0 Å². The lowest BCUT2D eigenvalue weighted by Gasteiger charge is -2.39. The molecule has 1 aliphatic carbocycles. The number of nitrogens with zero attached hydrogens (tertiary/aromatic N) is 1. The molecule has 2 atom stereocenters. The van der Waals surface area contributed by atoms with Gasteiger partial charge in [-0.25, -0.2) is 0 Å². The molecule has 2 aliphatic rings. The first-order valence-electron chi connectivity index (χ1n) is 9.63. The van der Waals surface area contributed by atoms with E-state index in [9.17, 15) is 10.1 Å². The molecule has 148 valence electrons. The third-order valence-corrected chi connectivity index (χ3v) is 5.10. The summed E-state index contributed by atoms with van der Waals surface area (Å²) in [7, 11) is 0. The van der Waals surface area contributed by atoms with E-state index in [2.05, 4.69) is 6.07 Å². The van der Waals surface area contributed by atoms with Crippen LogP contribution in [0.4, 0.5) is 0 Å². The van der Waals surface area contributed by atoms with Crippen molar-refractivity contribution in [3.63, 3.8) is 0 Å². The van der Waals surface area contributed by atoms with Gasteiger partial charge in [0.05, 0.1) is 19.3 Å². The molecular weight excluding hydrogens is 356 g/mol. The minimum Gasteiger partial charge on any atom is -0.490 e. The van der Waals surface area contributed by atoms with Crippen LogP contribution in [0.2, 0.25) is 0 Å². The number of nitriles is 1. The van der Waals surface area contributed by atoms with Crippen molar-refractivity contribution >= 4 is 11.7 Å². The van der Waals surface area contributed by atoms with Gasteiger partial charge in [0, 0.05) is 24.3 Å². The molecule has 0 radical (unpaired) electrons. The van der Waals surface area contributed by atoms with Crippen LogP contribution >= 0.6 is 0 Å². The average Bonchev–Trinajstić information content (AvgIpc) is 2.61. The van der Waals surface area contributed by atoms with Gasteiger partial charge in [0.2, 0.25) is 5.90 Å². The van der Waals surface area contributed by atoms with Crippen LogP contribution in [0.25, 0.3) is 0 Å². The zero-order chi connectivity index (χ0) is 20.5. The topological polar surface area (TPSA) is 92.4 Å². The standard InChI is InChI=1S/C22H26N2O4/c1-5-26-16-8-7-13(9-17(16)27-6-2)19-14(12-23)21(24)28-18-11-22(3,4)10-15(25)20(18)19/h7-9,14,19,24H,5-6,10-11H2,1-4H3. The van der Waals surface area contributed by atoms with E-state index in [1.807, 2.05) is 39.8 Å². The number of rotatable bonds is 5. The molecule has 6 nitrogen and oxygen atoms in total. The van der Waals surface area contributed by atoms with Crippen molar-refractivity contribution in [1.29, 1.82) is 10.7 Å². The van der Waals surface area contributed by atoms with E-state index in [4.69, 9.17) is 19.6 Å². The minimum atomic E-state index is -0.851. The number of nitrogens with one attached hydrogen (secondary N) is 1. The third-order valence-electron chi connectivity index (χ3n) is 5.10. The van der Waals surface area contributed by atoms with Crippen LogP contribution in [0.15, 0.2) is 29.5 Å². The summed E-state index contributed by atoms with van der Waals surface area (Å²) in [4.78, 5) is 13.0. The van der Waals surface area contributed by atoms with Gasteiger partial charge in [-0.3, -0.25) is 10.2 Å². The molecule has 0 saturated carbocycles. The second-order valence-corrected chi connectivity index (χ2v) is 7.90. The Bertz CT molecular complexity index is 879. The van der Waals surface area contributed by atoms with E-state index in [0.29, 0.717) is 48.9 Å². The van der Waals surface area contributed by atoms with Crippen LogP contribution in [-0.4, -0.2) is 24.9 Å². The monoisotopic (exact) mass is 382 g/mol. The first-order chi connectivity index (χ1) is 13.3. The number of Topliss-reactive ketones (excluding diaryl/α,β-unsaturated/α-hetero) is 1. The first-order valence-corrected chi connectivity index (χ1v) is 9.63. The highest BCUT2D eigenvalue weighted by atomic mass is 16.5. The summed E-state index contributed by atoms with van der Waals surface area (Å²) < 4.78 is 17.0. The number of ether oxygens (including phenoxy) is 3. The molecule has 1 aromatic carbocycles. The molecule has 0 aromatic heterocycles. The number of hydrogen-bond acceptors (Lipinski definition) is 6. The van der Waals surface area contributed by atoms with E-state index in [1.165, 1.54) is 0 Å². The van der Waals surface area contributed by atoms with Gasteiger partial charge in [0.25, 0.3) is 0 Å². The molecule has 1 heterocycles. The van der Waals surface area contributed by atoms with Crippen LogP contribution in [-0.2, 0) is 9.53 Å². The average molecular weight is 382 g/mol. The van der Waals surface area contributed by atoms with Gasteiger partial charge in [-0.05, 0) is 37.0 Å². The van der Waals surface area contributed by atoms with Crippen molar-refractivity contribution in [3.8, 4) is 17.6 Å². The molecule has 1 aliphatic heterocycles. The highest BCUT2D eigenvalue weighted by Crippen LogP contribution is 2.48. The van der Waals surface area contributed by atoms with Gasteiger partial charge in [-0.1, -0.05) is 19.9 Å². The predicted octanol–water partition coefficient (Wildman–Crippen LogP) is 4.36. The van der Waals surface area contributed by atoms with Crippen LogP contribution in [0.3, 0.4) is 0 Å². The van der Waals surface area contributed by atoms with Crippen molar-refractivity contribution in [2.75, 3.05) is 13.2 Å². The van der Waals surface area contributed by atoms with E-state index >= 15 is 0 Å². The molecule has 0 spiro atoms. The summed E-state index contributed by atoms with van der Waals surface area (Å²) in [5.74, 6) is 0.196. The minimum absolute atomic E-state index is 0.0177. The molecule has 0 amide bonds. The largest absolute Gasteiger partial charge is 0.490 e. The smallest absolute Gasteiger partial charge is 0.205 e. The van der Waals surface area contributed by atoms with Crippen LogP contribution in [0.1, 0.15) is 52.0 Å². The fraction of sp³-hybridized carbons (Fsp3) is 0.500. The van der Waals surface area contributed by atoms with Gasteiger partial charge >= 0.3 is 0 Å². The molecule has 0 saturated heterocycles. The highest BCUT2D eigenvalue weighted by Gasteiger charge is 2.46. The number of carbonyl (C=O) groups is 1. The number of carbonyl (C=O) groups excluding carboxylic acids is 1. The first kappa shape index (κ1) is 19.9. The van der Waals surface area contributed by atoms with Gasteiger partial charge in [-0.15, -0.1) is 0 Å². The van der Waals surface area contributed by atoms with E-state index in [0.717, 1.165) is 5.56 Å². The fourth-order valence-corrected chi connectivity index (χ4v) is 3.98. The summed E-state index contributed by atoms with van der Waals surface area (Å²) in [6, 6.07) is 7.63. The molecule has 0 fully saturated rings. The van der Waals surface area contributed by atoms with Gasteiger partial charge < -0.3 is 14.2 Å². The molecule has 6 heteroatoms. The lowest BCUT2D eigenvalue weighted by molar-refractivity contribution is -0.119. The number of ketones is 1. The molecule has 1 aromatic rings. The third kappa shape index (κ3) is 3.62. The Kier molecular flexibility index (Phi) is 5.46. The number of hydrogen-bond donors (Lipinski definition) is 1. The zero-order valence-corrected chi connectivity index (χ0v) is 16.8. The van der Waals surface area contributed by atoms with E-state index in [1.54, 1.807) is 6.07 Å². The second-order valence-electron chi connectivity index (χ2n) is 7.90. The Morgan fingerprint density at radius 1 is 1.21 bits per heavy atom. The van der Waals surface area contributed by atoms with Crippen molar-refractivity contribution in [2.24, 2.45) is 11.3 Å². The normalized spacial score (nSPS) is 23.5. The Morgan fingerprint density at radius 2 is 1.89 bits per heavy atom. The molecule has 2 unspecified atom stereocenters. The lowest BCUT2D eigenvalue weighted by atomic mass is 9.68. The number of benzene rings is 1. The van der Waals surface area contributed by atoms with Gasteiger partial charge in [-0.2, -0.15) is 5.26 Å². The van der Waals surface area contributed by atoms with Crippen molar-refractivity contribution in [2.45, 2.75) is 46.5 Å². The maximum absolute atomic E-state index is 13.0. The summed E-state index contributed by atoms with van der Waals surface area (Å²) in [6.07, 6.45) is 0.965. The summed E-state index contributed by atoms with van der Waals surface area (Å²) in [6.45, 7) is 8.78. The van der Waals surface area contributed by atoms with Crippen molar-refractivity contribution in [3.05, 3.63) is 35.1 Å². The van der Waals surface area contributed by atoms with Crippen LogP contribution in [0, 0.1) is 28.1 Å². The molecule has 1 N–H and O–H groups in total. The summed E-state index contributed by atoms with van der Waals surface area (Å²) >= 11 is 0. The van der Waals surface area contributed by atoms with Crippen molar-refractivity contribution < 1.29 is 19.0 Å². The molecule has 3 rings (SSSR count). The Balaban J connectivity index is 2.14. The SMILES string of the molecule is CCOc1ccc(C2C3=C(CC(C)(C)CC3=O)OC(=N)C2C#N)cc1OCC. The fourth-order valence-electron chi connectivity index (χ4n) is 3.98. The zero-order valence-electron chi connectivity index (χ0n) is 16.8. The van der Waals surface area contributed by atoms with Crippen LogP contribution < -0.4 is 9.47 Å². The summed E-state index contributed by atoms with van der Waals surface area (Å²) in [5, 5.41) is 18.0. The highest BCUT2D eigenvalue weighted by molar-refractivity contribution is 6.01. The van der Waals surface area contributed by atoms with Gasteiger partial charge in [0.15, 0.2) is 17.3 Å². The molecular formula is C22H26N2O4.